The highest BCUT2D eigenvalue weighted by Gasteiger charge is 2.37. The number of nitrogens with zero attached hydrogens (tertiary/aromatic N) is 1. The Balaban J connectivity index is 0.00000200. The van der Waals surface area contributed by atoms with E-state index in [2.05, 4.69) is 15.9 Å². The van der Waals surface area contributed by atoms with Gasteiger partial charge in [-0.2, -0.15) is 0 Å². The highest BCUT2D eigenvalue weighted by Crippen LogP contribution is 2.21. The Morgan fingerprint density at radius 1 is 1.35 bits per heavy atom. The van der Waals surface area contributed by atoms with Crippen LogP contribution in [0.1, 0.15) is 18.4 Å². The minimum Gasteiger partial charge on any atom is -0.381 e. The van der Waals surface area contributed by atoms with Crippen LogP contribution in [-0.2, 0) is 16.1 Å². The van der Waals surface area contributed by atoms with Gasteiger partial charge in [0, 0.05) is 31.3 Å². The first-order valence-corrected chi connectivity index (χ1v) is 7.17. The van der Waals surface area contributed by atoms with Crippen molar-refractivity contribution in [1.29, 1.82) is 0 Å². The van der Waals surface area contributed by atoms with E-state index in [0.717, 1.165) is 10.0 Å². The number of amides is 1. The van der Waals surface area contributed by atoms with Crippen molar-refractivity contribution >= 4 is 34.2 Å². The summed E-state index contributed by atoms with van der Waals surface area (Å²) in [6, 6.07) is 7.95. The highest BCUT2D eigenvalue weighted by atomic mass is 79.9. The lowest BCUT2D eigenvalue weighted by Gasteiger charge is -2.35. The van der Waals surface area contributed by atoms with Crippen LogP contribution in [0.2, 0.25) is 0 Å². The van der Waals surface area contributed by atoms with Crippen molar-refractivity contribution in [2.24, 2.45) is 5.73 Å². The Bertz CT molecular complexity index is 447. The van der Waals surface area contributed by atoms with Gasteiger partial charge in [-0.05, 0) is 30.5 Å². The summed E-state index contributed by atoms with van der Waals surface area (Å²) in [6.07, 6.45) is 1.19. The molecule has 6 heteroatoms. The summed E-state index contributed by atoms with van der Waals surface area (Å²) in [5.74, 6) is -0.00119. The summed E-state index contributed by atoms with van der Waals surface area (Å²) in [6.45, 7) is 1.70. The van der Waals surface area contributed by atoms with Crippen molar-refractivity contribution < 1.29 is 9.53 Å². The lowest BCUT2D eigenvalue weighted by atomic mass is 9.89. The molecule has 2 rings (SSSR count). The van der Waals surface area contributed by atoms with Crippen LogP contribution in [-0.4, -0.2) is 36.6 Å². The third-order valence-corrected chi connectivity index (χ3v) is 4.02. The van der Waals surface area contributed by atoms with Crippen molar-refractivity contribution in [3.8, 4) is 0 Å². The van der Waals surface area contributed by atoms with Crippen LogP contribution >= 0.6 is 28.3 Å². The predicted octanol–water partition coefficient (Wildman–Crippen LogP) is 2.34. The third kappa shape index (κ3) is 4.19. The summed E-state index contributed by atoms with van der Waals surface area (Å²) in [5, 5.41) is 0. The minimum atomic E-state index is -0.762. The zero-order valence-corrected chi connectivity index (χ0v) is 13.9. The molecule has 0 bridgehead atoms. The van der Waals surface area contributed by atoms with Crippen LogP contribution < -0.4 is 5.73 Å². The first kappa shape index (κ1) is 17.4. The van der Waals surface area contributed by atoms with E-state index in [1.54, 1.807) is 11.9 Å². The molecule has 1 aliphatic rings. The van der Waals surface area contributed by atoms with E-state index in [4.69, 9.17) is 10.5 Å². The molecule has 0 saturated carbocycles. The Hall–Kier alpha value is -0.620. The molecule has 1 aromatic rings. The van der Waals surface area contributed by atoms with Crippen molar-refractivity contribution in [2.45, 2.75) is 24.9 Å². The van der Waals surface area contributed by atoms with E-state index in [1.807, 2.05) is 24.3 Å². The summed E-state index contributed by atoms with van der Waals surface area (Å²) in [5.41, 5.74) is 6.53. The van der Waals surface area contributed by atoms with Crippen LogP contribution in [0.4, 0.5) is 0 Å². The second-order valence-corrected chi connectivity index (χ2v) is 5.97. The van der Waals surface area contributed by atoms with Gasteiger partial charge in [0.15, 0.2) is 0 Å². The molecule has 0 spiro atoms. The number of carbonyl (C=O) groups is 1. The number of rotatable bonds is 3. The van der Waals surface area contributed by atoms with Gasteiger partial charge in [0.1, 0.15) is 0 Å². The van der Waals surface area contributed by atoms with Crippen LogP contribution in [0, 0.1) is 0 Å². The second-order valence-electron chi connectivity index (χ2n) is 5.06. The maximum Gasteiger partial charge on any atom is 0.242 e. The lowest BCUT2D eigenvalue weighted by molar-refractivity contribution is -0.139. The molecule has 2 N–H and O–H groups in total. The maximum absolute atomic E-state index is 12.4. The number of benzene rings is 1. The molecule has 0 radical (unpaired) electrons. The molecule has 0 unspecified atom stereocenters. The fraction of sp³-hybridized carbons (Fsp3) is 0.500. The molecule has 0 atom stereocenters. The highest BCUT2D eigenvalue weighted by molar-refractivity contribution is 9.10. The van der Waals surface area contributed by atoms with E-state index in [0.29, 0.717) is 32.6 Å². The Morgan fingerprint density at radius 3 is 2.45 bits per heavy atom. The van der Waals surface area contributed by atoms with E-state index in [1.165, 1.54) is 0 Å². The normalized spacial score (nSPS) is 17.1. The molecule has 0 aromatic heterocycles. The molecule has 1 heterocycles. The number of nitrogens with two attached hydrogens (primary N) is 1. The number of carbonyl (C=O) groups excluding carboxylic acids is 1. The lowest BCUT2D eigenvalue weighted by Crippen LogP contribution is -2.57. The van der Waals surface area contributed by atoms with Gasteiger partial charge in [-0.1, -0.05) is 28.1 Å². The average molecular weight is 364 g/mol. The smallest absolute Gasteiger partial charge is 0.242 e. The Kier molecular flexibility index (Phi) is 6.45. The van der Waals surface area contributed by atoms with Gasteiger partial charge in [0.2, 0.25) is 5.91 Å². The van der Waals surface area contributed by atoms with Crippen LogP contribution in [0.25, 0.3) is 0 Å². The molecule has 0 aliphatic carbocycles. The second kappa shape index (κ2) is 7.41. The SMILES string of the molecule is CN(Cc1ccc(Br)cc1)C(=O)C1(N)CCOCC1.Cl. The monoisotopic (exact) mass is 362 g/mol. The molecular weight excluding hydrogens is 344 g/mol. The largest absolute Gasteiger partial charge is 0.381 e. The van der Waals surface area contributed by atoms with E-state index >= 15 is 0 Å². The summed E-state index contributed by atoms with van der Waals surface area (Å²) < 4.78 is 6.30. The summed E-state index contributed by atoms with van der Waals surface area (Å²) >= 11 is 3.40. The van der Waals surface area contributed by atoms with Crippen LogP contribution in [0.15, 0.2) is 28.7 Å². The predicted molar refractivity (Wildman–Crippen MR) is 84.8 cm³/mol. The van der Waals surface area contributed by atoms with E-state index in [-0.39, 0.29) is 18.3 Å². The zero-order valence-electron chi connectivity index (χ0n) is 11.5. The van der Waals surface area contributed by atoms with Crippen molar-refractivity contribution in [1.82, 2.24) is 4.90 Å². The standard InChI is InChI=1S/C14H19BrN2O2.ClH/c1-17(10-11-2-4-12(15)5-3-11)13(18)14(16)6-8-19-9-7-14;/h2-5H,6-10,16H2,1H3;1H. The first-order valence-electron chi connectivity index (χ1n) is 6.38. The topological polar surface area (TPSA) is 55.6 Å². The molecular formula is C14H20BrClN2O2. The molecule has 20 heavy (non-hydrogen) atoms. The number of halogens is 2. The van der Waals surface area contributed by atoms with E-state index in [9.17, 15) is 4.79 Å². The van der Waals surface area contributed by atoms with Gasteiger partial charge in [0.05, 0.1) is 5.54 Å². The summed E-state index contributed by atoms with van der Waals surface area (Å²) in [7, 11) is 1.80. The van der Waals surface area contributed by atoms with Gasteiger partial charge >= 0.3 is 0 Å². The van der Waals surface area contributed by atoms with E-state index < -0.39 is 5.54 Å². The third-order valence-electron chi connectivity index (χ3n) is 3.49. The first-order chi connectivity index (χ1) is 9.01. The quantitative estimate of drug-likeness (QED) is 0.897. The van der Waals surface area contributed by atoms with Crippen molar-refractivity contribution in [2.75, 3.05) is 20.3 Å². The number of likely N-dealkylation sites (N-methyl/N-ethyl adjacent to an activating group) is 1. The molecule has 4 nitrogen and oxygen atoms in total. The maximum atomic E-state index is 12.4. The average Bonchev–Trinajstić information content (AvgIpc) is 2.41. The van der Waals surface area contributed by atoms with Gasteiger partial charge in [-0.3, -0.25) is 4.79 Å². The number of hydrogen-bond donors (Lipinski definition) is 1. The zero-order chi connectivity index (χ0) is 13.9. The minimum absolute atomic E-state index is 0. The van der Waals surface area contributed by atoms with Crippen LogP contribution in [0.5, 0.6) is 0 Å². The fourth-order valence-corrected chi connectivity index (χ4v) is 2.53. The van der Waals surface area contributed by atoms with Crippen LogP contribution in [0.3, 0.4) is 0 Å². The Morgan fingerprint density at radius 2 is 1.90 bits per heavy atom. The van der Waals surface area contributed by atoms with Crippen molar-refractivity contribution in [3.63, 3.8) is 0 Å². The molecule has 1 amide bonds. The summed E-state index contributed by atoms with van der Waals surface area (Å²) in [4.78, 5) is 14.1. The molecule has 1 fully saturated rings. The molecule has 1 aromatic carbocycles. The molecule has 1 aliphatic heterocycles. The van der Waals surface area contributed by atoms with Crippen molar-refractivity contribution in [3.05, 3.63) is 34.3 Å². The van der Waals surface area contributed by atoms with Gasteiger partial charge in [-0.25, -0.2) is 0 Å². The van der Waals surface area contributed by atoms with Gasteiger partial charge < -0.3 is 15.4 Å². The number of ether oxygens (including phenoxy) is 1. The Labute approximate surface area is 134 Å². The fourth-order valence-electron chi connectivity index (χ4n) is 2.27. The van der Waals surface area contributed by atoms with Gasteiger partial charge in [-0.15, -0.1) is 12.4 Å². The molecule has 1 saturated heterocycles. The number of hydrogen-bond acceptors (Lipinski definition) is 3. The molecule has 112 valence electrons. The van der Waals surface area contributed by atoms with Gasteiger partial charge in [0.25, 0.3) is 0 Å².